The number of nitrogens with zero attached hydrogens (tertiary/aromatic N) is 3. The Morgan fingerprint density at radius 3 is 2.77 bits per heavy atom. The largest absolute Gasteiger partial charge is 0.334 e. The number of carbonyl (C=O) groups is 1. The van der Waals surface area contributed by atoms with Crippen LogP contribution in [0.25, 0.3) is 5.82 Å². The van der Waals surface area contributed by atoms with Gasteiger partial charge < -0.3 is 10.6 Å². The number of carbonyl (C=O) groups excluding carboxylic acids is 1. The van der Waals surface area contributed by atoms with Gasteiger partial charge in [0, 0.05) is 35.2 Å². The van der Waals surface area contributed by atoms with Gasteiger partial charge in [0.05, 0.1) is 6.04 Å². The van der Waals surface area contributed by atoms with Gasteiger partial charge in [-0.15, -0.1) is 0 Å². The number of urea groups is 1. The van der Waals surface area contributed by atoms with Crippen molar-refractivity contribution in [2.75, 3.05) is 0 Å². The van der Waals surface area contributed by atoms with E-state index in [1.807, 2.05) is 25.3 Å². The zero-order chi connectivity index (χ0) is 18.5. The molecular formula is C18H17Cl2N5O. The molecule has 0 unspecified atom stereocenters. The van der Waals surface area contributed by atoms with E-state index in [0.717, 1.165) is 16.9 Å². The van der Waals surface area contributed by atoms with Gasteiger partial charge in [-0.25, -0.2) is 14.8 Å². The van der Waals surface area contributed by atoms with Gasteiger partial charge in [0.25, 0.3) is 0 Å². The fourth-order valence-electron chi connectivity index (χ4n) is 2.43. The number of amides is 2. The lowest BCUT2D eigenvalue weighted by atomic mass is 10.1. The first-order chi connectivity index (χ1) is 12.5. The third-order valence-corrected chi connectivity index (χ3v) is 4.37. The average molecular weight is 390 g/mol. The highest BCUT2D eigenvalue weighted by Crippen LogP contribution is 2.25. The second kappa shape index (κ2) is 8.21. The highest BCUT2D eigenvalue weighted by atomic mass is 35.5. The summed E-state index contributed by atoms with van der Waals surface area (Å²) in [5.74, 6) is 0.765. The van der Waals surface area contributed by atoms with E-state index in [0.29, 0.717) is 16.6 Å². The molecule has 2 N–H and O–H groups in total. The van der Waals surface area contributed by atoms with Crippen molar-refractivity contribution in [2.45, 2.75) is 19.5 Å². The molecule has 0 saturated heterocycles. The molecule has 0 aliphatic rings. The number of benzene rings is 1. The summed E-state index contributed by atoms with van der Waals surface area (Å²) in [5, 5.41) is 6.73. The normalized spacial score (nSPS) is 11.8. The van der Waals surface area contributed by atoms with Crippen LogP contribution in [0.1, 0.15) is 24.1 Å². The van der Waals surface area contributed by atoms with Crippen molar-refractivity contribution in [1.29, 1.82) is 0 Å². The van der Waals surface area contributed by atoms with E-state index >= 15 is 0 Å². The SMILES string of the molecule is C[C@H](NC(=O)NCc1ccc(-n2ccnc2)nc1)c1ccc(Cl)cc1Cl. The number of rotatable bonds is 5. The van der Waals surface area contributed by atoms with Crippen LogP contribution in [0.3, 0.4) is 0 Å². The molecule has 26 heavy (non-hydrogen) atoms. The third-order valence-electron chi connectivity index (χ3n) is 3.81. The lowest BCUT2D eigenvalue weighted by molar-refractivity contribution is 0.237. The zero-order valence-corrected chi connectivity index (χ0v) is 15.5. The minimum Gasteiger partial charge on any atom is -0.334 e. The Morgan fingerprint density at radius 2 is 2.12 bits per heavy atom. The summed E-state index contributed by atoms with van der Waals surface area (Å²) < 4.78 is 1.81. The van der Waals surface area contributed by atoms with Crippen LogP contribution in [0.4, 0.5) is 4.79 Å². The first-order valence-corrected chi connectivity index (χ1v) is 8.71. The summed E-state index contributed by atoms with van der Waals surface area (Å²) in [6.07, 6.45) is 6.90. The van der Waals surface area contributed by atoms with Crippen LogP contribution in [0.15, 0.2) is 55.2 Å². The van der Waals surface area contributed by atoms with Crippen LogP contribution in [-0.2, 0) is 6.54 Å². The van der Waals surface area contributed by atoms with E-state index < -0.39 is 0 Å². The molecule has 8 heteroatoms. The maximum absolute atomic E-state index is 12.1. The van der Waals surface area contributed by atoms with Crippen LogP contribution in [0.2, 0.25) is 10.0 Å². The van der Waals surface area contributed by atoms with E-state index in [-0.39, 0.29) is 12.1 Å². The molecule has 3 aromatic rings. The Kier molecular flexibility index (Phi) is 5.75. The summed E-state index contributed by atoms with van der Waals surface area (Å²) >= 11 is 12.1. The molecule has 2 aromatic heterocycles. The van der Waals surface area contributed by atoms with Crippen LogP contribution in [0, 0.1) is 0 Å². The molecule has 6 nitrogen and oxygen atoms in total. The van der Waals surface area contributed by atoms with Crippen LogP contribution >= 0.6 is 23.2 Å². The van der Waals surface area contributed by atoms with Crippen molar-refractivity contribution in [2.24, 2.45) is 0 Å². The Balaban J connectivity index is 1.53. The molecule has 0 aliphatic heterocycles. The summed E-state index contributed by atoms with van der Waals surface area (Å²) in [6, 6.07) is 8.43. The molecule has 3 rings (SSSR count). The summed E-state index contributed by atoms with van der Waals surface area (Å²) in [4.78, 5) is 20.4. The molecular weight excluding hydrogens is 373 g/mol. The standard InChI is InChI=1S/C18H17Cl2N5O/c1-12(15-4-3-14(19)8-16(15)20)24-18(26)23-10-13-2-5-17(22-9-13)25-7-6-21-11-25/h2-9,11-12H,10H2,1H3,(H2,23,24,26)/t12-/m0/s1. The Morgan fingerprint density at radius 1 is 1.27 bits per heavy atom. The lowest BCUT2D eigenvalue weighted by Gasteiger charge is -2.16. The van der Waals surface area contributed by atoms with Crippen molar-refractivity contribution in [3.8, 4) is 5.82 Å². The lowest BCUT2D eigenvalue weighted by Crippen LogP contribution is -2.36. The molecule has 0 radical (unpaired) electrons. The van der Waals surface area contributed by atoms with E-state index in [9.17, 15) is 4.79 Å². The minimum absolute atomic E-state index is 0.249. The van der Waals surface area contributed by atoms with Gasteiger partial charge in [0.2, 0.25) is 0 Å². The molecule has 0 aliphatic carbocycles. The third kappa shape index (κ3) is 4.53. The fourth-order valence-corrected chi connectivity index (χ4v) is 3.00. The quantitative estimate of drug-likeness (QED) is 0.688. The Labute approximate surface area is 161 Å². The van der Waals surface area contributed by atoms with Gasteiger partial charge in [-0.2, -0.15) is 0 Å². The molecule has 0 fully saturated rings. The molecule has 0 saturated carbocycles. The molecule has 1 atom stereocenters. The van der Waals surface area contributed by atoms with E-state index in [2.05, 4.69) is 20.6 Å². The van der Waals surface area contributed by atoms with Gasteiger partial charge in [-0.3, -0.25) is 4.57 Å². The van der Waals surface area contributed by atoms with Gasteiger partial charge in [-0.05, 0) is 36.2 Å². The first-order valence-electron chi connectivity index (χ1n) is 7.95. The van der Waals surface area contributed by atoms with Crippen molar-refractivity contribution < 1.29 is 4.79 Å². The van der Waals surface area contributed by atoms with E-state index in [1.54, 1.807) is 41.5 Å². The van der Waals surface area contributed by atoms with Crippen LogP contribution in [0.5, 0.6) is 0 Å². The zero-order valence-electron chi connectivity index (χ0n) is 14.0. The molecule has 1 aromatic carbocycles. The van der Waals surface area contributed by atoms with E-state index in [1.165, 1.54) is 0 Å². The second-order valence-corrected chi connectivity index (χ2v) is 6.55. The van der Waals surface area contributed by atoms with Crippen molar-refractivity contribution in [1.82, 2.24) is 25.2 Å². The summed E-state index contributed by atoms with van der Waals surface area (Å²) in [5.41, 5.74) is 1.69. The Bertz CT molecular complexity index is 881. The van der Waals surface area contributed by atoms with Crippen LogP contribution in [-0.4, -0.2) is 20.6 Å². The summed E-state index contributed by atoms with van der Waals surface area (Å²) in [7, 11) is 0. The van der Waals surface area contributed by atoms with Gasteiger partial charge in [0.15, 0.2) is 0 Å². The number of nitrogens with one attached hydrogen (secondary N) is 2. The number of hydrogen-bond acceptors (Lipinski definition) is 3. The minimum atomic E-state index is -0.290. The predicted octanol–water partition coefficient (Wildman–Crippen LogP) is 4.13. The predicted molar refractivity (Wildman–Crippen MR) is 102 cm³/mol. The number of aromatic nitrogens is 3. The number of hydrogen-bond donors (Lipinski definition) is 2. The Hall–Kier alpha value is -2.57. The van der Waals surface area contributed by atoms with Gasteiger partial charge in [0.1, 0.15) is 12.1 Å². The van der Waals surface area contributed by atoms with Crippen molar-refractivity contribution in [3.05, 3.63) is 76.4 Å². The molecule has 0 spiro atoms. The van der Waals surface area contributed by atoms with E-state index in [4.69, 9.17) is 23.2 Å². The number of imidazole rings is 1. The molecule has 2 amide bonds. The van der Waals surface area contributed by atoms with Crippen molar-refractivity contribution in [3.63, 3.8) is 0 Å². The van der Waals surface area contributed by atoms with Gasteiger partial charge >= 0.3 is 6.03 Å². The molecule has 2 heterocycles. The molecule has 134 valence electrons. The average Bonchev–Trinajstić information content (AvgIpc) is 3.15. The van der Waals surface area contributed by atoms with Gasteiger partial charge in [-0.1, -0.05) is 35.3 Å². The second-order valence-electron chi connectivity index (χ2n) is 5.71. The van der Waals surface area contributed by atoms with Crippen molar-refractivity contribution >= 4 is 29.2 Å². The maximum Gasteiger partial charge on any atom is 0.315 e. The monoisotopic (exact) mass is 389 g/mol. The topological polar surface area (TPSA) is 71.8 Å². The highest BCUT2D eigenvalue weighted by molar-refractivity contribution is 6.35. The molecule has 0 bridgehead atoms. The maximum atomic E-state index is 12.1. The summed E-state index contributed by atoms with van der Waals surface area (Å²) in [6.45, 7) is 2.22. The first kappa shape index (κ1) is 18.2. The number of pyridine rings is 1. The van der Waals surface area contributed by atoms with Crippen LogP contribution < -0.4 is 10.6 Å². The fraction of sp³-hybridized carbons (Fsp3) is 0.167. The number of halogens is 2. The smallest absolute Gasteiger partial charge is 0.315 e. The highest BCUT2D eigenvalue weighted by Gasteiger charge is 2.12.